The van der Waals surface area contributed by atoms with Gasteiger partial charge in [0.1, 0.15) is 0 Å². The lowest BCUT2D eigenvalue weighted by Crippen LogP contribution is -2.30. The number of amides is 3. The first-order valence-corrected chi connectivity index (χ1v) is 11.6. The number of anilines is 2. The Morgan fingerprint density at radius 2 is 1.68 bits per heavy atom. The van der Waals surface area contributed by atoms with Crippen molar-refractivity contribution < 1.29 is 14.4 Å². The van der Waals surface area contributed by atoms with Crippen LogP contribution in [0.25, 0.3) is 0 Å². The molecule has 1 aliphatic carbocycles. The summed E-state index contributed by atoms with van der Waals surface area (Å²) < 4.78 is 0. The van der Waals surface area contributed by atoms with Crippen molar-refractivity contribution in [3.8, 4) is 0 Å². The number of fused-ring (bicyclic) bond motifs is 1. The number of carbonyl (C=O) groups excluding carboxylic acids is 3. The molecule has 1 fully saturated rings. The maximum Gasteiger partial charge on any atom is 0.238 e. The Labute approximate surface area is 186 Å². The topological polar surface area (TPSA) is 66.5 Å². The Balaban J connectivity index is 1.38. The number of aryl methyl sites for hydroxylation is 2. The number of benzene rings is 2. The van der Waals surface area contributed by atoms with Crippen molar-refractivity contribution in [2.45, 2.75) is 38.0 Å². The average molecular weight is 435 g/mol. The van der Waals surface area contributed by atoms with E-state index in [9.17, 15) is 14.4 Å². The quantitative estimate of drug-likeness (QED) is 0.405. The highest BCUT2D eigenvalue weighted by molar-refractivity contribution is 8.00. The fourth-order valence-electron chi connectivity index (χ4n) is 4.27. The minimum absolute atomic E-state index is 0.0560. The maximum atomic E-state index is 12.7. The molecular formula is C25H26N2O3S. The van der Waals surface area contributed by atoms with Gasteiger partial charge in [0, 0.05) is 10.6 Å². The van der Waals surface area contributed by atoms with Crippen LogP contribution in [0.4, 0.5) is 11.4 Å². The predicted molar refractivity (Wildman–Crippen MR) is 124 cm³/mol. The third-order valence-electron chi connectivity index (χ3n) is 5.98. The molecule has 2 aromatic rings. The van der Waals surface area contributed by atoms with Crippen molar-refractivity contribution in [1.82, 2.24) is 0 Å². The third kappa shape index (κ3) is 4.30. The summed E-state index contributed by atoms with van der Waals surface area (Å²) in [6.45, 7) is 4.07. The van der Waals surface area contributed by atoms with E-state index in [1.807, 2.05) is 49.4 Å². The van der Waals surface area contributed by atoms with Gasteiger partial charge in [-0.05, 0) is 61.6 Å². The molecule has 1 aliphatic heterocycles. The molecule has 31 heavy (non-hydrogen) atoms. The lowest BCUT2D eigenvalue weighted by molar-refractivity contribution is -0.122. The molecule has 5 nitrogen and oxygen atoms in total. The van der Waals surface area contributed by atoms with Crippen LogP contribution in [0.15, 0.2) is 59.5 Å². The summed E-state index contributed by atoms with van der Waals surface area (Å²) >= 11 is 1.43. The normalized spacial score (nSPS) is 20.1. The molecule has 0 radical (unpaired) electrons. The predicted octanol–water partition coefficient (Wildman–Crippen LogP) is 4.74. The van der Waals surface area contributed by atoms with Crippen molar-refractivity contribution in [3.05, 3.63) is 65.7 Å². The van der Waals surface area contributed by atoms with Crippen LogP contribution in [0, 0.1) is 18.8 Å². The fraction of sp³-hybridized carbons (Fsp3) is 0.320. The summed E-state index contributed by atoms with van der Waals surface area (Å²) in [7, 11) is 0. The minimum atomic E-state index is -0.232. The van der Waals surface area contributed by atoms with E-state index in [-0.39, 0.29) is 35.3 Å². The molecule has 2 aliphatic rings. The number of nitrogens with one attached hydrogen (secondary N) is 1. The van der Waals surface area contributed by atoms with E-state index < -0.39 is 0 Å². The molecule has 1 saturated heterocycles. The Kier molecular flexibility index (Phi) is 6.28. The van der Waals surface area contributed by atoms with Crippen LogP contribution in [0.5, 0.6) is 0 Å². The van der Waals surface area contributed by atoms with Crippen LogP contribution in [0.1, 0.15) is 30.9 Å². The van der Waals surface area contributed by atoms with Gasteiger partial charge in [-0.1, -0.05) is 37.3 Å². The summed E-state index contributed by atoms with van der Waals surface area (Å²) in [5.74, 6) is -0.448. The van der Waals surface area contributed by atoms with E-state index in [4.69, 9.17) is 0 Å². The molecule has 2 aromatic carbocycles. The average Bonchev–Trinajstić information content (AvgIpc) is 3.04. The van der Waals surface area contributed by atoms with Crippen molar-refractivity contribution in [1.29, 1.82) is 0 Å². The number of hydrogen-bond donors (Lipinski definition) is 1. The molecule has 1 heterocycles. The van der Waals surface area contributed by atoms with Crippen LogP contribution in [-0.2, 0) is 20.8 Å². The van der Waals surface area contributed by atoms with Gasteiger partial charge in [0.25, 0.3) is 0 Å². The number of carbonyl (C=O) groups is 3. The second-order valence-electron chi connectivity index (χ2n) is 7.96. The van der Waals surface area contributed by atoms with Gasteiger partial charge in [-0.15, -0.1) is 11.8 Å². The van der Waals surface area contributed by atoms with Crippen LogP contribution in [0.3, 0.4) is 0 Å². The second-order valence-corrected chi connectivity index (χ2v) is 9.01. The summed E-state index contributed by atoms with van der Waals surface area (Å²) in [4.78, 5) is 40.2. The van der Waals surface area contributed by atoms with E-state index in [0.29, 0.717) is 18.5 Å². The van der Waals surface area contributed by atoms with E-state index in [2.05, 4.69) is 12.2 Å². The minimum Gasteiger partial charge on any atom is -0.325 e. The number of thioether (sulfide) groups is 1. The molecule has 3 amide bonds. The number of para-hydroxylation sites is 1. The van der Waals surface area contributed by atoms with Gasteiger partial charge in [0.15, 0.2) is 0 Å². The molecule has 0 spiro atoms. The zero-order chi connectivity index (χ0) is 22.0. The van der Waals surface area contributed by atoms with Crippen molar-refractivity contribution in [3.63, 3.8) is 0 Å². The van der Waals surface area contributed by atoms with E-state index >= 15 is 0 Å². The summed E-state index contributed by atoms with van der Waals surface area (Å²) in [6, 6.07) is 13.3. The van der Waals surface area contributed by atoms with E-state index in [0.717, 1.165) is 28.1 Å². The largest absolute Gasteiger partial charge is 0.325 e. The number of nitrogens with zero attached hydrogens (tertiary/aromatic N) is 1. The van der Waals surface area contributed by atoms with Crippen LogP contribution in [-0.4, -0.2) is 23.5 Å². The monoisotopic (exact) mass is 434 g/mol. The molecule has 1 N–H and O–H groups in total. The van der Waals surface area contributed by atoms with Gasteiger partial charge in [0.2, 0.25) is 17.7 Å². The molecule has 0 saturated carbocycles. The van der Waals surface area contributed by atoms with Crippen LogP contribution in [0.2, 0.25) is 0 Å². The van der Waals surface area contributed by atoms with Gasteiger partial charge in [0.05, 0.1) is 23.3 Å². The van der Waals surface area contributed by atoms with Gasteiger partial charge in [-0.25, -0.2) is 0 Å². The first kappa shape index (κ1) is 21.4. The molecule has 0 unspecified atom stereocenters. The van der Waals surface area contributed by atoms with Crippen molar-refractivity contribution >= 4 is 40.9 Å². The van der Waals surface area contributed by atoms with Crippen molar-refractivity contribution in [2.24, 2.45) is 11.8 Å². The number of rotatable bonds is 6. The van der Waals surface area contributed by atoms with Gasteiger partial charge >= 0.3 is 0 Å². The highest BCUT2D eigenvalue weighted by Gasteiger charge is 2.47. The first-order chi connectivity index (χ1) is 15.0. The number of hydrogen-bond acceptors (Lipinski definition) is 4. The van der Waals surface area contributed by atoms with Crippen molar-refractivity contribution in [2.75, 3.05) is 16.0 Å². The summed E-state index contributed by atoms with van der Waals surface area (Å²) in [5, 5.41) is 3.03. The molecule has 0 bridgehead atoms. The number of imide groups is 1. The zero-order valence-electron chi connectivity index (χ0n) is 17.8. The standard InChI is InChI=1S/C25H26N2O3S/c1-3-17-8-6-7-16(2)23(17)26-22(28)15-31-19-13-11-18(12-14-19)27-24(29)20-9-4-5-10-21(20)25(27)30/h4-8,11-14,20-21H,3,9-10,15H2,1-2H3,(H,26,28)/t20-,21-/m1/s1. The van der Waals surface area contributed by atoms with E-state index in [1.54, 1.807) is 12.1 Å². The van der Waals surface area contributed by atoms with Gasteiger partial charge < -0.3 is 5.32 Å². The summed E-state index contributed by atoms with van der Waals surface area (Å²) in [6.07, 6.45) is 6.10. The SMILES string of the molecule is CCc1cccc(C)c1NC(=O)CSc1ccc(N2C(=O)[C@@H]3CC=CC[C@H]3C2=O)cc1. The van der Waals surface area contributed by atoms with Crippen LogP contribution >= 0.6 is 11.8 Å². The molecule has 4 rings (SSSR count). The zero-order valence-corrected chi connectivity index (χ0v) is 18.6. The lowest BCUT2D eigenvalue weighted by Gasteiger charge is -2.15. The molecular weight excluding hydrogens is 408 g/mol. The highest BCUT2D eigenvalue weighted by Crippen LogP contribution is 2.38. The first-order valence-electron chi connectivity index (χ1n) is 10.6. The highest BCUT2D eigenvalue weighted by atomic mass is 32.2. The molecule has 0 aromatic heterocycles. The Bertz CT molecular complexity index is 1020. The molecule has 160 valence electrons. The van der Waals surface area contributed by atoms with Crippen LogP contribution < -0.4 is 10.2 Å². The van der Waals surface area contributed by atoms with Gasteiger partial charge in [-0.2, -0.15) is 0 Å². The smallest absolute Gasteiger partial charge is 0.238 e. The second kappa shape index (κ2) is 9.10. The summed E-state index contributed by atoms with van der Waals surface area (Å²) in [5.41, 5.74) is 3.68. The Morgan fingerprint density at radius 1 is 1.03 bits per heavy atom. The maximum absolute atomic E-state index is 12.7. The lowest BCUT2D eigenvalue weighted by atomic mass is 9.85. The number of allylic oxidation sites excluding steroid dienone is 2. The molecule has 2 atom stereocenters. The third-order valence-corrected chi connectivity index (χ3v) is 6.99. The molecule has 6 heteroatoms. The Morgan fingerprint density at radius 3 is 2.29 bits per heavy atom. The van der Waals surface area contributed by atoms with Gasteiger partial charge in [-0.3, -0.25) is 19.3 Å². The van der Waals surface area contributed by atoms with E-state index in [1.165, 1.54) is 16.7 Å². The Hall–Kier alpha value is -2.86. The fourth-order valence-corrected chi connectivity index (χ4v) is 4.97.